The Balaban J connectivity index is 1.43. The van der Waals surface area contributed by atoms with Crippen LogP contribution in [-0.4, -0.2) is 53.9 Å². The Hall–Kier alpha value is -2.36. The summed E-state index contributed by atoms with van der Waals surface area (Å²) in [4.78, 5) is 34.1. The van der Waals surface area contributed by atoms with E-state index in [1.165, 1.54) is 4.90 Å². The number of aromatic nitrogens is 1. The molecule has 0 unspecified atom stereocenters. The summed E-state index contributed by atoms with van der Waals surface area (Å²) >= 11 is 11.9. The van der Waals surface area contributed by atoms with Crippen LogP contribution in [0.5, 0.6) is 0 Å². The molecule has 0 radical (unpaired) electrons. The number of anilines is 2. The number of pyridine rings is 1. The predicted octanol–water partition coefficient (Wildman–Crippen LogP) is 3.86. The highest BCUT2D eigenvalue weighted by molar-refractivity contribution is 6.33. The van der Waals surface area contributed by atoms with Crippen molar-refractivity contribution in [2.24, 2.45) is 0 Å². The third-order valence-corrected chi connectivity index (χ3v) is 5.94. The van der Waals surface area contributed by atoms with E-state index < -0.39 is 17.8 Å². The zero-order valence-corrected chi connectivity index (χ0v) is 17.6. The number of carbonyl (C=O) groups excluding carboxylic acids is 2. The summed E-state index contributed by atoms with van der Waals surface area (Å²) in [5.74, 6) is -0.315. The molecule has 6 nitrogen and oxygen atoms in total. The summed E-state index contributed by atoms with van der Waals surface area (Å²) in [6.45, 7) is 1.71. The van der Waals surface area contributed by atoms with E-state index >= 15 is 0 Å². The number of hydrogen-bond donors (Lipinski definition) is 0. The molecule has 2 saturated heterocycles. The summed E-state index contributed by atoms with van der Waals surface area (Å²) < 4.78 is 38.5. The molecule has 1 aromatic heterocycles. The quantitative estimate of drug-likeness (QED) is 0.634. The number of rotatable bonds is 3. The van der Waals surface area contributed by atoms with E-state index in [2.05, 4.69) is 4.98 Å². The molecular formula is C20H17Cl2F3N4O2. The van der Waals surface area contributed by atoms with Crippen LogP contribution in [0.25, 0.3) is 0 Å². The zero-order valence-electron chi connectivity index (χ0n) is 16.1. The van der Waals surface area contributed by atoms with Gasteiger partial charge in [0.25, 0.3) is 5.91 Å². The summed E-state index contributed by atoms with van der Waals surface area (Å²) in [6, 6.07) is 6.75. The van der Waals surface area contributed by atoms with Gasteiger partial charge in [-0.2, -0.15) is 13.2 Å². The van der Waals surface area contributed by atoms with Gasteiger partial charge in [-0.3, -0.25) is 14.5 Å². The van der Waals surface area contributed by atoms with Gasteiger partial charge in [-0.05, 0) is 30.3 Å². The van der Waals surface area contributed by atoms with Crippen molar-refractivity contribution in [3.63, 3.8) is 0 Å². The van der Waals surface area contributed by atoms with Gasteiger partial charge in [-0.15, -0.1) is 0 Å². The Morgan fingerprint density at radius 3 is 2.23 bits per heavy atom. The van der Waals surface area contributed by atoms with Crippen LogP contribution in [0.4, 0.5) is 24.7 Å². The van der Waals surface area contributed by atoms with Gasteiger partial charge in [0.05, 0.1) is 28.7 Å². The van der Waals surface area contributed by atoms with Crippen LogP contribution in [0.2, 0.25) is 10.0 Å². The molecule has 3 heterocycles. The zero-order chi connectivity index (χ0) is 22.3. The number of piperazine rings is 1. The molecule has 2 fully saturated rings. The third kappa shape index (κ3) is 4.35. The number of alkyl halides is 3. The van der Waals surface area contributed by atoms with Gasteiger partial charge in [0.2, 0.25) is 5.91 Å². The second-order valence-corrected chi connectivity index (χ2v) is 8.16. The second-order valence-electron chi connectivity index (χ2n) is 7.31. The Morgan fingerprint density at radius 2 is 1.65 bits per heavy atom. The van der Waals surface area contributed by atoms with E-state index in [9.17, 15) is 22.8 Å². The third-order valence-electron chi connectivity index (χ3n) is 5.41. The minimum atomic E-state index is -4.51. The summed E-state index contributed by atoms with van der Waals surface area (Å²) in [5, 5.41) is 0.426. The lowest BCUT2D eigenvalue weighted by Gasteiger charge is -2.37. The molecule has 2 aliphatic heterocycles. The number of amides is 2. The Morgan fingerprint density at radius 1 is 1.00 bits per heavy atom. The van der Waals surface area contributed by atoms with Crippen LogP contribution in [0, 0.1) is 0 Å². The average molecular weight is 473 g/mol. The Kier molecular flexibility index (Phi) is 5.85. The average Bonchev–Trinajstić information content (AvgIpc) is 3.02. The Labute approximate surface area is 186 Å². The molecule has 1 atom stereocenters. The summed E-state index contributed by atoms with van der Waals surface area (Å²) in [6.07, 6.45) is -3.68. The molecular weight excluding hydrogens is 456 g/mol. The van der Waals surface area contributed by atoms with Gasteiger partial charge in [-0.1, -0.05) is 23.2 Å². The number of hydrogen-bond acceptors (Lipinski definition) is 5. The standard InChI is InChI=1S/C20H17Cl2F3N4O2/c21-13-1-3-14(4-2-13)29-17(30)10-16(19(29)31)27-5-7-28(8-6-27)18-15(22)9-12(11-26-18)20(23,24)25/h1-4,9,11,16H,5-8,10H2/t16-/m1/s1. The van der Waals surface area contributed by atoms with Crippen molar-refractivity contribution in [1.82, 2.24) is 9.88 Å². The van der Waals surface area contributed by atoms with Crippen LogP contribution >= 0.6 is 23.2 Å². The summed E-state index contributed by atoms with van der Waals surface area (Å²) in [5.41, 5.74) is -0.432. The molecule has 0 N–H and O–H groups in total. The van der Waals surface area contributed by atoms with Crippen molar-refractivity contribution in [1.29, 1.82) is 0 Å². The van der Waals surface area contributed by atoms with E-state index in [1.54, 1.807) is 29.2 Å². The predicted molar refractivity (Wildman–Crippen MR) is 110 cm³/mol. The van der Waals surface area contributed by atoms with Gasteiger partial charge in [-0.25, -0.2) is 9.88 Å². The van der Waals surface area contributed by atoms with Crippen molar-refractivity contribution in [2.45, 2.75) is 18.6 Å². The maximum atomic E-state index is 12.9. The van der Waals surface area contributed by atoms with Gasteiger partial charge >= 0.3 is 6.18 Å². The molecule has 0 bridgehead atoms. The van der Waals surface area contributed by atoms with Gasteiger partial charge in [0.15, 0.2) is 0 Å². The van der Waals surface area contributed by atoms with Gasteiger partial charge in [0.1, 0.15) is 5.82 Å². The highest BCUT2D eigenvalue weighted by atomic mass is 35.5. The fourth-order valence-corrected chi connectivity index (χ4v) is 4.24. The molecule has 164 valence electrons. The number of imide groups is 1. The van der Waals surface area contributed by atoms with E-state index in [-0.39, 0.29) is 29.1 Å². The Bertz CT molecular complexity index is 1010. The van der Waals surface area contributed by atoms with Crippen molar-refractivity contribution >= 4 is 46.5 Å². The molecule has 0 aliphatic carbocycles. The highest BCUT2D eigenvalue weighted by Gasteiger charge is 2.43. The molecule has 2 amide bonds. The number of nitrogens with zero attached hydrogens (tertiary/aromatic N) is 4. The second kappa shape index (κ2) is 8.29. The normalized spacial score (nSPS) is 20.6. The lowest BCUT2D eigenvalue weighted by Crippen LogP contribution is -2.52. The van der Waals surface area contributed by atoms with Crippen molar-refractivity contribution in [3.8, 4) is 0 Å². The molecule has 2 aromatic rings. The van der Waals surface area contributed by atoms with Crippen molar-refractivity contribution in [2.75, 3.05) is 36.0 Å². The lowest BCUT2D eigenvalue weighted by atomic mass is 10.1. The first kappa shape index (κ1) is 21.9. The smallest absolute Gasteiger partial charge is 0.353 e. The largest absolute Gasteiger partial charge is 0.417 e. The molecule has 0 saturated carbocycles. The fraction of sp³-hybridized carbons (Fsp3) is 0.350. The summed E-state index contributed by atoms with van der Waals surface area (Å²) in [7, 11) is 0. The highest BCUT2D eigenvalue weighted by Crippen LogP contribution is 2.34. The number of benzene rings is 1. The van der Waals surface area contributed by atoms with Crippen molar-refractivity contribution < 1.29 is 22.8 Å². The van der Waals surface area contributed by atoms with Gasteiger partial charge in [0, 0.05) is 37.4 Å². The first-order valence-corrected chi connectivity index (χ1v) is 10.2. The molecule has 1 aromatic carbocycles. The van der Waals surface area contributed by atoms with E-state index in [1.807, 2.05) is 4.90 Å². The van der Waals surface area contributed by atoms with Crippen LogP contribution in [-0.2, 0) is 15.8 Å². The van der Waals surface area contributed by atoms with Crippen molar-refractivity contribution in [3.05, 3.63) is 52.1 Å². The minimum Gasteiger partial charge on any atom is -0.353 e. The monoisotopic (exact) mass is 472 g/mol. The van der Waals surface area contributed by atoms with Crippen LogP contribution in [0.3, 0.4) is 0 Å². The van der Waals surface area contributed by atoms with Crippen LogP contribution in [0.15, 0.2) is 36.5 Å². The molecule has 4 rings (SSSR count). The van der Waals surface area contributed by atoms with Crippen LogP contribution in [0.1, 0.15) is 12.0 Å². The fourth-order valence-electron chi connectivity index (χ4n) is 3.83. The lowest BCUT2D eigenvalue weighted by molar-refractivity contribution is -0.137. The topological polar surface area (TPSA) is 56.8 Å². The molecule has 0 spiro atoms. The number of carbonyl (C=O) groups is 2. The number of halogens is 5. The minimum absolute atomic E-state index is 0.0702. The van der Waals surface area contributed by atoms with E-state index in [0.717, 1.165) is 12.3 Å². The SMILES string of the molecule is O=C1C[C@@H](N2CCN(c3ncc(C(F)(F)F)cc3Cl)CC2)C(=O)N1c1ccc(Cl)cc1. The molecule has 31 heavy (non-hydrogen) atoms. The van der Waals surface area contributed by atoms with Crippen LogP contribution < -0.4 is 9.80 Å². The molecule has 2 aliphatic rings. The maximum absolute atomic E-state index is 12.9. The molecule has 11 heteroatoms. The van der Waals surface area contributed by atoms with E-state index in [4.69, 9.17) is 23.2 Å². The van der Waals surface area contributed by atoms with Gasteiger partial charge < -0.3 is 4.90 Å². The first-order chi connectivity index (χ1) is 14.6. The first-order valence-electron chi connectivity index (χ1n) is 9.49. The van der Waals surface area contributed by atoms with E-state index in [0.29, 0.717) is 36.9 Å². The maximum Gasteiger partial charge on any atom is 0.417 e.